The number of nitrogens with zero attached hydrogens (tertiary/aromatic N) is 1. The number of rotatable bonds is 7. The van der Waals surface area contributed by atoms with Crippen LogP contribution in [0.3, 0.4) is 0 Å². The van der Waals surface area contributed by atoms with E-state index in [0.29, 0.717) is 12.3 Å². The molecule has 1 N–H and O–H groups in total. The molecule has 0 aromatic heterocycles. The fourth-order valence-corrected chi connectivity index (χ4v) is 2.66. The van der Waals surface area contributed by atoms with Gasteiger partial charge in [-0.25, -0.2) is 0 Å². The number of hydrogen-bond acceptors (Lipinski definition) is 3. The Morgan fingerprint density at radius 1 is 1.08 bits per heavy atom. The van der Waals surface area contributed by atoms with Gasteiger partial charge in [-0.2, -0.15) is 0 Å². The number of carbonyl (C=O) groups excluding carboxylic acids is 2. The van der Waals surface area contributed by atoms with Gasteiger partial charge in [-0.15, -0.1) is 0 Å². The predicted octanol–water partition coefficient (Wildman–Crippen LogP) is 2.85. The lowest BCUT2D eigenvalue weighted by Gasteiger charge is -2.28. The van der Waals surface area contributed by atoms with Crippen molar-refractivity contribution in [2.45, 2.75) is 33.4 Å². The van der Waals surface area contributed by atoms with E-state index >= 15 is 0 Å². The highest BCUT2D eigenvalue weighted by Gasteiger charge is 2.25. The minimum atomic E-state index is -0.588. The second-order valence-electron chi connectivity index (χ2n) is 6.40. The molecule has 0 aliphatic rings. The molecule has 1 atom stereocenters. The molecule has 0 aliphatic heterocycles. The fourth-order valence-electron chi connectivity index (χ4n) is 2.66. The first kappa shape index (κ1) is 19.5. The average molecular weight is 354 g/mol. The molecule has 5 heteroatoms. The molecular formula is C21H26N2O3. The Hall–Kier alpha value is -2.82. The predicted molar refractivity (Wildman–Crippen MR) is 102 cm³/mol. The zero-order valence-corrected chi connectivity index (χ0v) is 15.8. The van der Waals surface area contributed by atoms with E-state index in [9.17, 15) is 9.59 Å². The first-order valence-electron chi connectivity index (χ1n) is 8.66. The molecule has 0 heterocycles. The molecule has 0 spiro atoms. The zero-order chi connectivity index (χ0) is 19.1. The van der Waals surface area contributed by atoms with E-state index in [1.165, 1.54) is 0 Å². The van der Waals surface area contributed by atoms with Gasteiger partial charge in [0.15, 0.2) is 6.61 Å². The first-order chi connectivity index (χ1) is 12.4. The van der Waals surface area contributed by atoms with Crippen LogP contribution in [0.15, 0.2) is 48.5 Å². The highest BCUT2D eigenvalue weighted by Crippen LogP contribution is 2.14. The summed E-state index contributed by atoms with van der Waals surface area (Å²) in [6.45, 7) is 5.95. The Morgan fingerprint density at radius 2 is 1.77 bits per heavy atom. The summed E-state index contributed by atoms with van der Waals surface area (Å²) in [5.74, 6) is 0.191. The van der Waals surface area contributed by atoms with Gasteiger partial charge < -0.3 is 15.0 Å². The van der Waals surface area contributed by atoms with Crippen LogP contribution in [-0.2, 0) is 16.1 Å². The van der Waals surface area contributed by atoms with E-state index in [2.05, 4.69) is 5.32 Å². The van der Waals surface area contributed by atoms with Crippen LogP contribution >= 0.6 is 0 Å². The molecule has 2 rings (SSSR count). The van der Waals surface area contributed by atoms with Crippen LogP contribution in [0.25, 0.3) is 0 Å². The van der Waals surface area contributed by atoms with Gasteiger partial charge >= 0.3 is 0 Å². The third-order valence-corrected chi connectivity index (χ3v) is 4.23. The van der Waals surface area contributed by atoms with Crippen molar-refractivity contribution in [3.63, 3.8) is 0 Å². The molecule has 0 aliphatic carbocycles. The smallest absolute Gasteiger partial charge is 0.261 e. The molecule has 138 valence electrons. The first-order valence-corrected chi connectivity index (χ1v) is 8.66. The zero-order valence-electron chi connectivity index (χ0n) is 15.8. The number of nitrogens with one attached hydrogen (secondary N) is 1. The highest BCUT2D eigenvalue weighted by molar-refractivity contribution is 5.87. The van der Waals surface area contributed by atoms with Crippen molar-refractivity contribution >= 4 is 11.8 Å². The number of likely N-dealkylation sites (N-methyl/N-ethyl adjacent to an activating group) is 1. The Labute approximate surface area is 155 Å². The molecule has 2 aromatic carbocycles. The minimum absolute atomic E-state index is 0.115. The van der Waals surface area contributed by atoms with Gasteiger partial charge in [0.25, 0.3) is 5.91 Å². The maximum absolute atomic E-state index is 12.8. The molecule has 2 amide bonds. The van der Waals surface area contributed by atoms with Gasteiger partial charge in [0.1, 0.15) is 11.8 Å². The molecule has 26 heavy (non-hydrogen) atoms. The lowest BCUT2D eigenvalue weighted by Crippen LogP contribution is -2.48. The van der Waals surface area contributed by atoms with Crippen LogP contribution < -0.4 is 10.1 Å². The molecule has 2 aromatic rings. The highest BCUT2D eigenvalue weighted by atomic mass is 16.5. The normalized spacial score (nSPS) is 11.5. The maximum atomic E-state index is 12.8. The van der Waals surface area contributed by atoms with Crippen molar-refractivity contribution < 1.29 is 14.3 Å². The third-order valence-electron chi connectivity index (χ3n) is 4.23. The Kier molecular flexibility index (Phi) is 6.78. The largest absolute Gasteiger partial charge is 0.484 e. The van der Waals surface area contributed by atoms with Crippen molar-refractivity contribution in [1.82, 2.24) is 10.2 Å². The van der Waals surface area contributed by atoms with E-state index < -0.39 is 6.04 Å². The average Bonchev–Trinajstić information content (AvgIpc) is 2.64. The van der Waals surface area contributed by atoms with Crippen LogP contribution in [-0.4, -0.2) is 36.4 Å². The maximum Gasteiger partial charge on any atom is 0.261 e. The van der Waals surface area contributed by atoms with Gasteiger partial charge in [0.05, 0.1) is 0 Å². The summed E-state index contributed by atoms with van der Waals surface area (Å²) in [4.78, 5) is 26.4. The molecule has 0 fully saturated rings. The van der Waals surface area contributed by atoms with E-state index in [4.69, 9.17) is 4.74 Å². The summed E-state index contributed by atoms with van der Waals surface area (Å²) in [7, 11) is 1.57. The van der Waals surface area contributed by atoms with Crippen molar-refractivity contribution in [1.29, 1.82) is 0 Å². The summed E-state index contributed by atoms with van der Waals surface area (Å²) in [5, 5.41) is 2.60. The number of ether oxygens (including phenoxy) is 1. The van der Waals surface area contributed by atoms with Crippen molar-refractivity contribution in [2.75, 3.05) is 13.7 Å². The van der Waals surface area contributed by atoms with Gasteiger partial charge in [0.2, 0.25) is 5.91 Å². The fraction of sp³-hybridized carbons (Fsp3) is 0.333. The number of carbonyl (C=O) groups is 2. The van der Waals surface area contributed by atoms with Crippen LogP contribution in [0.1, 0.15) is 23.6 Å². The standard InChI is InChI=1S/C21H26N2O3/c1-15-8-10-19(11-9-15)26-14-20(24)23(17(3)21(25)22-4)13-18-7-5-6-16(2)12-18/h5-12,17H,13-14H2,1-4H3,(H,22,25)/t17-/m0/s1. The SMILES string of the molecule is CNC(=O)[C@H](C)N(Cc1cccc(C)c1)C(=O)COc1ccc(C)cc1. The topological polar surface area (TPSA) is 58.6 Å². The van der Waals surface area contributed by atoms with Gasteiger partial charge in [-0.05, 0) is 38.5 Å². The Morgan fingerprint density at radius 3 is 2.38 bits per heavy atom. The summed E-state index contributed by atoms with van der Waals surface area (Å²) in [6, 6.07) is 14.8. The monoisotopic (exact) mass is 354 g/mol. The van der Waals surface area contributed by atoms with Gasteiger partial charge in [-0.1, -0.05) is 47.5 Å². The van der Waals surface area contributed by atoms with Crippen LogP contribution in [0.5, 0.6) is 5.75 Å². The molecule has 5 nitrogen and oxygen atoms in total. The third kappa shape index (κ3) is 5.34. The minimum Gasteiger partial charge on any atom is -0.484 e. The van der Waals surface area contributed by atoms with Crippen molar-refractivity contribution in [3.8, 4) is 5.75 Å². The number of amides is 2. The Bertz CT molecular complexity index is 756. The van der Waals surface area contributed by atoms with Gasteiger partial charge in [0, 0.05) is 13.6 Å². The molecule has 0 unspecified atom stereocenters. The van der Waals surface area contributed by atoms with Crippen LogP contribution in [0, 0.1) is 13.8 Å². The van der Waals surface area contributed by atoms with Crippen molar-refractivity contribution in [3.05, 3.63) is 65.2 Å². The number of aryl methyl sites for hydroxylation is 2. The lowest BCUT2D eigenvalue weighted by atomic mass is 10.1. The Balaban J connectivity index is 2.12. The summed E-state index contributed by atoms with van der Waals surface area (Å²) in [6.07, 6.45) is 0. The molecular weight excluding hydrogens is 328 g/mol. The molecule has 0 bridgehead atoms. The van der Waals surface area contributed by atoms with Crippen LogP contribution in [0.4, 0.5) is 0 Å². The lowest BCUT2D eigenvalue weighted by molar-refractivity contribution is -0.142. The van der Waals surface area contributed by atoms with E-state index in [1.54, 1.807) is 18.9 Å². The molecule has 0 saturated carbocycles. The number of hydrogen-bond donors (Lipinski definition) is 1. The van der Waals surface area contributed by atoms with Crippen LogP contribution in [0.2, 0.25) is 0 Å². The van der Waals surface area contributed by atoms with E-state index in [-0.39, 0.29) is 18.4 Å². The second-order valence-corrected chi connectivity index (χ2v) is 6.40. The molecule has 0 radical (unpaired) electrons. The molecule has 0 saturated heterocycles. The van der Waals surface area contributed by atoms with Gasteiger partial charge in [-0.3, -0.25) is 9.59 Å². The summed E-state index contributed by atoms with van der Waals surface area (Å²) >= 11 is 0. The summed E-state index contributed by atoms with van der Waals surface area (Å²) < 4.78 is 5.61. The van der Waals surface area contributed by atoms with E-state index in [0.717, 1.165) is 16.7 Å². The van der Waals surface area contributed by atoms with Crippen molar-refractivity contribution in [2.24, 2.45) is 0 Å². The summed E-state index contributed by atoms with van der Waals surface area (Å²) in [5.41, 5.74) is 3.21. The van der Waals surface area contributed by atoms with E-state index in [1.807, 2.05) is 62.4 Å². The quantitative estimate of drug-likeness (QED) is 0.832. The number of benzene rings is 2. The second kappa shape index (κ2) is 9.04.